The highest BCUT2D eigenvalue weighted by Crippen LogP contribution is 2.32. The second-order valence-corrected chi connectivity index (χ2v) is 14.2. The van der Waals surface area contributed by atoms with Gasteiger partial charge in [-0.3, -0.25) is 0 Å². The number of hydrogen-bond donors (Lipinski definition) is 1. The molecule has 46 heavy (non-hydrogen) atoms. The van der Waals surface area contributed by atoms with E-state index in [-0.39, 0.29) is 29.8 Å². The quantitative estimate of drug-likeness (QED) is 0.176. The van der Waals surface area contributed by atoms with Gasteiger partial charge in [-0.05, 0) is 73.9 Å². The number of fused-ring (bicyclic) bond motifs is 1. The van der Waals surface area contributed by atoms with Crippen LogP contribution in [0.1, 0.15) is 50.7 Å². The standard InChI is InChI=1S/C36H41FN2O6S/c1-36(2,3)45-35(40)39-20-19-32(34(24-39)38-46(41,42)31-18-15-26-9-4-5-10-28(26)23-31)27-13-16-30(17-14-27)44-22-8-21-43-25-29-11-6-7-12-33(29)37/h4-7,9-18,23,32,34,38H,8,19-22,24-25H2,1-3H3. The fourth-order valence-electron chi connectivity index (χ4n) is 5.52. The average Bonchev–Trinajstić information content (AvgIpc) is 3.02. The predicted molar refractivity (Wildman–Crippen MR) is 176 cm³/mol. The van der Waals surface area contributed by atoms with Gasteiger partial charge in [0.05, 0.1) is 24.7 Å². The average molecular weight is 649 g/mol. The Morgan fingerprint density at radius 2 is 1.65 bits per heavy atom. The number of ether oxygens (including phenoxy) is 3. The van der Waals surface area contributed by atoms with Gasteiger partial charge in [0.15, 0.2) is 0 Å². The largest absolute Gasteiger partial charge is 0.494 e. The molecule has 0 aliphatic carbocycles. The number of hydrogen-bond acceptors (Lipinski definition) is 6. The molecule has 1 amide bonds. The second-order valence-electron chi connectivity index (χ2n) is 12.5. The van der Waals surface area contributed by atoms with Crippen LogP contribution in [0, 0.1) is 5.82 Å². The first-order valence-corrected chi connectivity index (χ1v) is 17.0. The molecule has 0 saturated carbocycles. The Kier molecular flexibility index (Phi) is 10.6. The van der Waals surface area contributed by atoms with Crippen molar-refractivity contribution in [2.24, 2.45) is 0 Å². The third-order valence-corrected chi connectivity index (χ3v) is 9.32. The van der Waals surface area contributed by atoms with Gasteiger partial charge in [0.1, 0.15) is 17.2 Å². The normalized spacial score (nSPS) is 17.2. The van der Waals surface area contributed by atoms with Crippen LogP contribution in [0.15, 0.2) is 95.9 Å². The fraction of sp³-hybridized carbons (Fsp3) is 0.361. The van der Waals surface area contributed by atoms with Gasteiger partial charge in [-0.2, -0.15) is 0 Å². The van der Waals surface area contributed by atoms with Crippen molar-refractivity contribution in [1.29, 1.82) is 0 Å². The topological polar surface area (TPSA) is 94.2 Å². The van der Waals surface area contributed by atoms with Gasteiger partial charge in [-0.25, -0.2) is 22.3 Å². The zero-order chi connectivity index (χ0) is 32.7. The highest BCUT2D eigenvalue weighted by Gasteiger charge is 2.37. The Bertz CT molecular complexity index is 1740. The van der Waals surface area contributed by atoms with Crippen molar-refractivity contribution >= 4 is 26.9 Å². The minimum atomic E-state index is -3.91. The van der Waals surface area contributed by atoms with Crippen molar-refractivity contribution in [1.82, 2.24) is 9.62 Å². The number of halogens is 1. The summed E-state index contributed by atoms with van der Waals surface area (Å²) in [7, 11) is -3.91. The summed E-state index contributed by atoms with van der Waals surface area (Å²) < 4.78 is 61.1. The van der Waals surface area contributed by atoms with Crippen LogP contribution in [-0.4, -0.2) is 57.4 Å². The molecule has 244 valence electrons. The molecule has 1 aliphatic heterocycles. The first-order chi connectivity index (χ1) is 22.0. The van der Waals surface area contributed by atoms with Gasteiger partial charge >= 0.3 is 6.09 Å². The molecule has 0 aromatic heterocycles. The summed E-state index contributed by atoms with van der Waals surface area (Å²) >= 11 is 0. The molecule has 2 atom stereocenters. The van der Waals surface area contributed by atoms with E-state index in [4.69, 9.17) is 14.2 Å². The number of piperidine rings is 1. The van der Waals surface area contributed by atoms with E-state index < -0.39 is 27.8 Å². The molecular weight excluding hydrogens is 607 g/mol. The molecule has 5 rings (SSSR count). The number of carbonyl (C=O) groups is 1. The van der Waals surface area contributed by atoms with Crippen LogP contribution in [-0.2, 0) is 26.1 Å². The first kappa shape index (κ1) is 33.4. The molecule has 4 aromatic rings. The van der Waals surface area contributed by atoms with E-state index in [9.17, 15) is 17.6 Å². The van der Waals surface area contributed by atoms with E-state index >= 15 is 0 Å². The van der Waals surface area contributed by atoms with E-state index in [2.05, 4.69) is 4.72 Å². The number of nitrogens with one attached hydrogen (secondary N) is 1. The Morgan fingerprint density at radius 1 is 0.935 bits per heavy atom. The monoisotopic (exact) mass is 648 g/mol. The number of carbonyl (C=O) groups excluding carboxylic acids is 1. The van der Waals surface area contributed by atoms with Crippen molar-refractivity contribution < 1.29 is 31.8 Å². The summed E-state index contributed by atoms with van der Waals surface area (Å²) in [5.74, 6) is 0.213. The summed E-state index contributed by atoms with van der Waals surface area (Å²) in [5, 5.41) is 1.78. The molecule has 8 nitrogen and oxygen atoms in total. The minimum Gasteiger partial charge on any atom is -0.494 e. The second kappa shape index (κ2) is 14.6. The van der Waals surface area contributed by atoms with Crippen molar-refractivity contribution in [3.05, 3.63) is 108 Å². The van der Waals surface area contributed by atoms with Gasteiger partial charge in [-0.1, -0.05) is 60.7 Å². The van der Waals surface area contributed by atoms with Gasteiger partial charge in [0, 0.05) is 37.0 Å². The Morgan fingerprint density at radius 3 is 2.39 bits per heavy atom. The van der Waals surface area contributed by atoms with Crippen molar-refractivity contribution in [3.63, 3.8) is 0 Å². The zero-order valence-corrected chi connectivity index (χ0v) is 27.3. The number of nitrogens with zero attached hydrogens (tertiary/aromatic N) is 1. The van der Waals surface area contributed by atoms with E-state index in [1.165, 1.54) is 6.07 Å². The molecule has 1 heterocycles. The van der Waals surface area contributed by atoms with Crippen LogP contribution in [0.25, 0.3) is 10.8 Å². The molecule has 1 aliphatic rings. The van der Waals surface area contributed by atoms with Crippen LogP contribution in [0.2, 0.25) is 0 Å². The summed E-state index contributed by atoms with van der Waals surface area (Å²) in [6.45, 7) is 7.08. The Hall–Kier alpha value is -3.99. The lowest BCUT2D eigenvalue weighted by molar-refractivity contribution is 0.0180. The Balaban J connectivity index is 1.24. The maximum atomic E-state index is 13.7. The third kappa shape index (κ3) is 8.84. The molecular formula is C36H41FN2O6S. The highest BCUT2D eigenvalue weighted by atomic mass is 32.2. The summed E-state index contributed by atoms with van der Waals surface area (Å²) in [6, 6.07) is 26.2. The van der Waals surface area contributed by atoms with E-state index in [0.717, 1.165) is 16.3 Å². The lowest BCUT2D eigenvalue weighted by Crippen LogP contribution is -2.53. The van der Waals surface area contributed by atoms with Crippen LogP contribution in [0.5, 0.6) is 5.75 Å². The van der Waals surface area contributed by atoms with E-state index in [1.54, 1.807) is 62.1 Å². The molecule has 4 aromatic carbocycles. The minimum absolute atomic E-state index is 0.164. The highest BCUT2D eigenvalue weighted by molar-refractivity contribution is 7.89. The molecule has 1 N–H and O–H groups in total. The molecule has 0 bridgehead atoms. The van der Waals surface area contributed by atoms with E-state index in [0.29, 0.717) is 43.9 Å². The van der Waals surface area contributed by atoms with Crippen LogP contribution in [0.4, 0.5) is 9.18 Å². The molecule has 0 spiro atoms. The molecule has 2 unspecified atom stereocenters. The first-order valence-electron chi connectivity index (χ1n) is 15.5. The lowest BCUT2D eigenvalue weighted by Gasteiger charge is -2.39. The van der Waals surface area contributed by atoms with Crippen molar-refractivity contribution in [2.45, 2.75) is 62.7 Å². The molecule has 1 saturated heterocycles. The fourth-order valence-corrected chi connectivity index (χ4v) is 6.83. The number of amides is 1. The maximum Gasteiger partial charge on any atom is 0.410 e. The smallest absolute Gasteiger partial charge is 0.410 e. The molecule has 10 heteroatoms. The molecule has 0 radical (unpaired) electrons. The molecule has 1 fully saturated rings. The predicted octanol–water partition coefficient (Wildman–Crippen LogP) is 7.04. The zero-order valence-electron chi connectivity index (χ0n) is 26.4. The number of benzene rings is 4. The van der Waals surface area contributed by atoms with E-state index in [1.807, 2.05) is 48.5 Å². The van der Waals surface area contributed by atoms with Gasteiger partial charge in [0.25, 0.3) is 0 Å². The van der Waals surface area contributed by atoms with Crippen LogP contribution >= 0.6 is 0 Å². The Labute approximate surface area is 270 Å². The SMILES string of the molecule is CC(C)(C)OC(=O)N1CCC(c2ccc(OCCCOCc3ccccc3F)cc2)C(NS(=O)(=O)c2ccc3ccccc3c2)C1. The summed E-state index contributed by atoms with van der Waals surface area (Å²) in [5.41, 5.74) is 0.792. The van der Waals surface area contributed by atoms with Crippen molar-refractivity contribution in [3.8, 4) is 5.75 Å². The van der Waals surface area contributed by atoms with Gasteiger partial charge in [0.2, 0.25) is 10.0 Å². The van der Waals surface area contributed by atoms with Crippen molar-refractivity contribution in [2.75, 3.05) is 26.3 Å². The lowest BCUT2D eigenvalue weighted by atomic mass is 9.86. The van der Waals surface area contributed by atoms with Gasteiger partial charge < -0.3 is 19.1 Å². The number of rotatable bonds is 11. The summed E-state index contributed by atoms with van der Waals surface area (Å²) in [6.07, 6.45) is 0.712. The number of likely N-dealkylation sites (tertiary alicyclic amines) is 1. The third-order valence-electron chi connectivity index (χ3n) is 7.83. The van der Waals surface area contributed by atoms with Gasteiger partial charge in [-0.15, -0.1) is 0 Å². The maximum absolute atomic E-state index is 13.7. The number of sulfonamides is 1. The van der Waals surface area contributed by atoms with Crippen LogP contribution < -0.4 is 9.46 Å². The summed E-state index contributed by atoms with van der Waals surface area (Å²) in [4.78, 5) is 14.7. The van der Waals surface area contributed by atoms with Crippen LogP contribution in [0.3, 0.4) is 0 Å².